The van der Waals surface area contributed by atoms with Crippen molar-refractivity contribution in [2.45, 2.75) is 17.9 Å². The number of aromatic nitrogens is 1. The van der Waals surface area contributed by atoms with E-state index in [1.54, 1.807) is 28.8 Å². The van der Waals surface area contributed by atoms with Gasteiger partial charge in [0.1, 0.15) is 6.54 Å². The number of amides is 1. The van der Waals surface area contributed by atoms with Gasteiger partial charge in [0, 0.05) is 18.4 Å². The molecule has 3 aromatic rings. The van der Waals surface area contributed by atoms with E-state index < -0.39 is 21.7 Å². The molecule has 0 radical (unpaired) electrons. The van der Waals surface area contributed by atoms with E-state index in [2.05, 4.69) is 4.99 Å². The summed E-state index contributed by atoms with van der Waals surface area (Å²) in [4.78, 5) is 29.2. The van der Waals surface area contributed by atoms with Gasteiger partial charge in [0.25, 0.3) is 5.91 Å². The summed E-state index contributed by atoms with van der Waals surface area (Å²) in [6.45, 7) is 0.00274. The van der Waals surface area contributed by atoms with Crippen LogP contribution in [0.15, 0.2) is 46.3 Å². The first-order valence-corrected chi connectivity index (χ1v) is 11.8. The van der Waals surface area contributed by atoms with Crippen LogP contribution in [0.4, 0.5) is 0 Å². The fourth-order valence-corrected chi connectivity index (χ4v) is 4.75. The summed E-state index contributed by atoms with van der Waals surface area (Å²) in [6.07, 6.45) is 1.11. The van der Waals surface area contributed by atoms with E-state index in [1.165, 1.54) is 30.6 Å². The molecule has 0 N–H and O–H groups in total. The first-order valence-electron chi connectivity index (χ1n) is 9.11. The third kappa shape index (κ3) is 4.47. The number of carbonyl (C=O) groups is 2. The van der Waals surface area contributed by atoms with Gasteiger partial charge in [-0.15, -0.1) is 0 Å². The predicted molar refractivity (Wildman–Crippen MR) is 112 cm³/mol. The zero-order chi connectivity index (χ0) is 22.2. The number of benzene rings is 2. The molecule has 1 aromatic heterocycles. The molecule has 162 valence electrons. The first-order chi connectivity index (χ1) is 14.7. The molecule has 0 unspecified atom stereocenters. The Morgan fingerprint density at radius 3 is 2.48 bits per heavy atom. The molecule has 0 atom stereocenters. The van der Waals surface area contributed by atoms with E-state index in [0.29, 0.717) is 27.4 Å². The third-order valence-electron chi connectivity index (χ3n) is 4.62. The average Bonchev–Trinajstić information content (AvgIpc) is 3.30. The van der Waals surface area contributed by atoms with Crippen LogP contribution in [-0.2, 0) is 37.1 Å². The van der Waals surface area contributed by atoms with Gasteiger partial charge in [-0.25, -0.2) is 8.42 Å². The highest BCUT2D eigenvalue weighted by atomic mass is 32.2. The fourth-order valence-electron chi connectivity index (χ4n) is 3.07. The van der Waals surface area contributed by atoms with E-state index >= 15 is 0 Å². The van der Waals surface area contributed by atoms with E-state index in [9.17, 15) is 18.0 Å². The minimum Gasteiger partial charge on any atom is -0.468 e. The van der Waals surface area contributed by atoms with Gasteiger partial charge < -0.3 is 18.8 Å². The molecule has 1 aliphatic heterocycles. The van der Waals surface area contributed by atoms with Crippen molar-refractivity contribution in [3.05, 3.63) is 46.8 Å². The molecular formula is C20H18N2O7S2. The van der Waals surface area contributed by atoms with Gasteiger partial charge in [-0.3, -0.25) is 9.59 Å². The molecule has 0 fully saturated rings. The predicted octanol–water partition coefficient (Wildman–Crippen LogP) is 1.68. The number of hydrogen-bond donors (Lipinski definition) is 0. The van der Waals surface area contributed by atoms with Gasteiger partial charge in [-0.2, -0.15) is 4.99 Å². The monoisotopic (exact) mass is 462 g/mol. The molecule has 0 spiro atoms. The van der Waals surface area contributed by atoms with Crippen LogP contribution in [0.25, 0.3) is 10.2 Å². The molecule has 2 aromatic carbocycles. The number of thiazole rings is 1. The fraction of sp³-hybridized carbons (Fsp3) is 0.250. The molecule has 11 heteroatoms. The minimum absolute atomic E-state index is 0.0146. The summed E-state index contributed by atoms with van der Waals surface area (Å²) < 4.78 is 41.1. The first kappa shape index (κ1) is 21.1. The lowest BCUT2D eigenvalue weighted by Gasteiger charge is -2.04. The number of nitrogens with zero attached hydrogens (tertiary/aromatic N) is 2. The molecule has 0 aliphatic carbocycles. The number of methoxy groups -OCH3 is 1. The molecule has 2 heterocycles. The average molecular weight is 463 g/mol. The maximum Gasteiger partial charge on any atom is 0.325 e. The molecular weight excluding hydrogens is 444 g/mol. The van der Waals surface area contributed by atoms with Crippen molar-refractivity contribution in [1.29, 1.82) is 0 Å². The van der Waals surface area contributed by atoms with E-state index in [-0.39, 0.29) is 24.7 Å². The number of rotatable bonds is 5. The van der Waals surface area contributed by atoms with E-state index in [4.69, 9.17) is 14.2 Å². The molecule has 31 heavy (non-hydrogen) atoms. The Balaban J connectivity index is 1.69. The minimum atomic E-state index is -3.31. The van der Waals surface area contributed by atoms with Gasteiger partial charge in [0.15, 0.2) is 26.1 Å². The van der Waals surface area contributed by atoms with Crippen molar-refractivity contribution in [3.63, 3.8) is 0 Å². The molecule has 9 nitrogen and oxygen atoms in total. The van der Waals surface area contributed by atoms with Crippen LogP contribution in [0.2, 0.25) is 0 Å². The SMILES string of the molecule is COC(=O)Cn1c(=NC(=O)Cc2ccc(S(C)(=O)=O)cc2)sc2cc3c(cc21)OCO3. The summed E-state index contributed by atoms with van der Waals surface area (Å²) in [5.74, 6) is 0.218. The van der Waals surface area contributed by atoms with Crippen LogP contribution in [0.3, 0.4) is 0 Å². The Bertz CT molecular complexity index is 1350. The Morgan fingerprint density at radius 2 is 1.84 bits per heavy atom. The summed E-state index contributed by atoms with van der Waals surface area (Å²) in [7, 11) is -2.02. The molecule has 0 bridgehead atoms. The van der Waals surface area contributed by atoms with Crippen LogP contribution in [0.5, 0.6) is 11.5 Å². The number of hydrogen-bond acceptors (Lipinski definition) is 8. The molecule has 1 amide bonds. The van der Waals surface area contributed by atoms with Gasteiger partial charge in [0.2, 0.25) is 6.79 Å². The Hall–Kier alpha value is -3.18. The van der Waals surface area contributed by atoms with Crippen LogP contribution in [-0.4, -0.2) is 45.0 Å². The number of esters is 1. The van der Waals surface area contributed by atoms with Crippen molar-refractivity contribution in [2.24, 2.45) is 4.99 Å². The maximum absolute atomic E-state index is 12.6. The standard InChI is InChI=1S/C20H18N2O7S2/c1-27-19(24)10-22-14-8-15-16(29-11-28-15)9-17(14)30-20(22)21-18(23)7-12-3-5-13(6-4-12)31(2,25)26/h3-6,8-9H,7,10-11H2,1-2H3. The lowest BCUT2D eigenvalue weighted by molar-refractivity contribution is -0.141. The number of carbonyl (C=O) groups excluding carboxylic acids is 2. The van der Waals surface area contributed by atoms with Crippen LogP contribution >= 0.6 is 11.3 Å². The highest BCUT2D eigenvalue weighted by molar-refractivity contribution is 7.90. The Kier molecular flexibility index (Phi) is 5.54. The summed E-state index contributed by atoms with van der Waals surface area (Å²) in [5.41, 5.74) is 1.30. The molecule has 1 aliphatic rings. The normalized spacial score (nSPS) is 13.5. The smallest absolute Gasteiger partial charge is 0.325 e. The van der Waals surface area contributed by atoms with Crippen molar-refractivity contribution in [2.75, 3.05) is 20.2 Å². The lowest BCUT2D eigenvalue weighted by Crippen LogP contribution is -2.22. The summed E-state index contributed by atoms with van der Waals surface area (Å²) in [6, 6.07) is 9.59. The maximum atomic E-state index is 12.6. The largest absolute Gasteiger partial charge is 0.468 e. The molecule has 0 saturated heterocycles. The van der Waals surface area contributed by atoms with Crippen molar-refractivity contribution in [1.82, 2.24) is 4.57 Å². The molecule has 0 saturated carbocycles. The van der Waals surface area contributed by atoms with Gasteiger partial charge in [0.05, 0.1) is 28.6 Å². The third-order valence-corrected chi connectivity index (χ3v) is 6.79. The quantitative estimate of drug-likeness (QED) is 0.530. The lowest BCUT2D eigenvalue weighted by atomic mass is 10.1. The zero-order valence-electron chi connectivity index (χ0n) is 16.7. The second kappa shape index (κ2) is 8.16. The zero-order valence-corrected chi connectivity index (χ0v) is 18.3. The second-order valence-electron chi connectivity index (χ2n) is 6.82. The van der Waals surface area contributed by atoms with Crippen LogP contribution in [0.1, 0.15) is 5.56 Å². The Labute approximate surface area is 181 Å². The van der Waals surface area contributed by atoms with Crippen LogP contribution in [0, 0.1) is 0 Å². The topological polar surface area (TPSA) is 113 Å². The molecule has 4 rings (SSSR count). The summed E-state index contributed by atoms with van der Waals surface area (Å²) in [5, 5.41) is 0. The summed E-state index contributed by atoms with van der Waals surface area (Å²) >= 11 is 1.24. The highest BCUT2D eigenvalue weighted by Gasteiger charge is 2.19. The number of sulfone groups is 1. The van der Waals surface area contributed by atoms with E-state index in [0.717, 1.165) is 11.0 Å². The van der Waals surface area contributed by atoms with E-state index in [1.807, 2.05) is 0 Å². The Morgan fingerprint density at radius 1 is 1.16 bits per heavy atom. The number of ether oxygens (including phenoxy) is 3. The van der Waals surface area contributed by atoms with Crippen LogP contribution < -0.4 is 14.3 Å². The number of fused-ring (bicyclic) bond motifs is 2. The van der Waals surface area contributed by atoms with Gasteiger partial charge in [-0.1, -0.05) is 23.5 Å². The second-order valence-corrected chi connectivity index (χ2v) is 9.84. The highest BCUT2D eigenvalue weighted by Crippen LogP contribution is 2.37. The van der Waals surface area contributed by atoms with Crippen molar-refractivity contribution < 1.29 is 32.2 Å². The van der Waals surface area contributed by atoms with Crippen molar-refractivity contribution >= 4 is 43.3 Å². The van der Waals surface area contributed by atoms with Gasteiger partial charge in [-0.05, 0) is 17.7 Å². The van der Waals surface area contributed by atoms with Gasteiger partial charge >= 0.3 is 5.97 Å². The van der Waals surface area contributed by atoms with Crippen molar-refractivity contribution in [3.8, 4) is 11.5 Å².